The molecule has 0 fully saturated rings. The summed E-state index contributed by atoms with van der Waals surface area (Å²) in [4.78, 5) is 18.7. The van der Waals surface area contributed by atoms with Gasteiger partial charge in [-0.1, -0.05) is 6.07 Å². The summed E-state index contributed by atoms with van der Waals surface area (Å²) in [7, 11) is 4.66. The second-order valence-electron chi connectivity index (χ2n) is 6.70. The maximum absolute atomic E-state index is 11.8. The van der Waals surface area contributed by atoms with Crippen LogP contribution in [-0.4, -0.2) is 38.8 Å². The third-order valence-electron chi connectivity index (χ3n) is 5.20. The van der Waals surface area contributed by atoms with Crippen molar-refractivity contribution in [3.05, 3.63) is 59.3 Å². The summed E-state index contributed by atoms with van der Waals surface area (Å²) in [6, 6.07) is 11.5. The van der Waals surface area contributed by atoms with Gasteiger partial charge in [-0.25, -0.2) is 4.79 Å². The molecule has 0 spiro atoms. The molecular weight excluding hydrogens is 356 g/mol. The van der Waals surface area contributed by atoms with Crippen LogP contribution in [0.5, 0.6) is 11.5 Å². The molecule has 0 saturated carbocycles. The molecule has 2 aromatic carbocycles. The number of fused-ring (bicyclic) bond motifs is 3. The van der Waals surface area contributed by atoms with E-state index in [4.69, 9.17) is 14.2 Å². The Morgan fingerprint density at radius 1 is 1.07 bits per heavy atom. The minimum absolute atomic E-state index is 0.326. The summed E-state index contributed by atoms with van der Waals surface area (Å²) in [5.41, 5.74) is 4.92. The van der Waals surface area contributed by atoms with Crippen LogP contribution in [0.2, 0.25) is 0 Å². The van der Waals surface area contributed by atoms with Gasteiger partial charge in [0.2, 0.25) is 0 Å². The number of carbonyl (C=O) groups excluding carboxylic acids is 1. The number of aromatic nitrogens is 1. The third-order valence-corrected chi connectivity index (χ3v) is 5.20. The summed E-state index contributed by atoms with van der Waals surface area (Å²) >= 11 is 0. The fourth-order valence-electron chi connectivity index (χ4n) is 3.75. The Bertz CT molecular complexity index is 1050. The van der Waals surface area contributed by atoms with Gasteiger partial charge >= 0.3 is 5.97 Å². The van der Waals surface area contributed by atoms with Gasteiger partial charge in [-0.2, -0.15) is 0 Å². The standard InChI is InChI=1S/C22H22N2O4/c1-26-20-10-18-17-7-8-24(16-6-4-5-14(9-16)22(25)28-3)13-15(17)12-23-19(18)11-21(20)27-2/h4-6,9-12H,7-8,13H2,1-3H3. The molecule has 0 atom stereocenters. The van der Waals surface area contributed by atoms with E-state index in [2.05, 4.69) is 9.88 Å². The molecule has 6 nitrogen and oxygen atoms in total. The molecule has 3 aromatic rings. The number of methoxy groups -OCH3 is 3. The lowest BCUT2D eigenvalue weighted by Crippen LogP contribution is -2.30. The lowest BCUT2D eigenvalue weighted by molar-refractivity contribution is 0.0601. The lowest BCUT2D eigenvalue weighted by Gasteiger charge is -2.31. The Kier molecular flexibility index (Phi) is 4.77. The first-order valence-corrected chi connectivity index (χ1v) is 9.10. The van der Waals surface area contributed by atoms with Gasteiger partial charge in [0.25, 0.3) is 0 Å². The maximum atomic E-state index is 11.8. The first-order chi connectivity index (χ1) is 13.6. The van der Waals surface area contributed by atoms with Crippen LogP contribution in [0.4, 0.5) is 5.69 Å². The van der Waals surface area contributed by atoms with Crippen molar-refractivity contribution < 1.29 is 19.0 Å². The normalized spacial score (nSPS) is 13.2. The number of ether oxygens (including phenoxy) is 3. The van der Waals surface area contributed by atoms with Crippen LogP contribution in [0.25, 0.3) is 10.9 Å². The van der Waals surface area contributed by atoms with Crippen LogP contribution < -0.4 is 14.4 Å². The Hall–Kier alpha value is -3.28. The number of benzene rings is 2. The highest BCUT2D eigenvalue weighted by Gasteiger charge is 2.21. The van der Waals surface area contributed by atoms with Gasteiger partial charge in [-0.05, 0) is 41.8 Å². The summed E-state index contributed by atoms with van der Waals surface area (Å²) in [5.74, 6) is 1.06. The SMILES string of the molecule is COC(=O)c1cccc(N2CCc3c(cnc4cc(OC)c(OC)cc34)C2)c1. The second kappa shape index (κ2) is 7.38. The molecular formula is C22H22N2O4. The first kappa shape index (κ1) is 18.1. The van der Waals surface area contributed by atoms with E-state index in [1.165, 1.54) is 18.2 Å². The van der Waals surface area contributed by atoms with Gasteiger partial charge in [0.15, 0.2) is 11.5 Å². The number of hydrogen-bond acceptors (Lipinski definition) is 6. The molecule has 0 radical (unpaired) electrons. The van der Waals surface area contributed by atoms with E-state index in [0.29, 0.717) is 17.1 Å². The van der Waals surface area contributed by atoms with Crippen LogP contribution in [0.3, 0.4) is 0 Å². The number of rotatable bonds is 4. The number of hydrogen-bond donors (Lipinski definition) is 0. The van der Waals surface area contributed by atoms with E-state index in [-0.39, 0.29) is 5.97 Å². The Labute approximate surface area is 163 Å². The van der Waals surface area contributed by atoms with Gasteiger partial charge in [-0.15, -0.1) is 0 Å². The largest absolute Gasteiger partial charge is 0.493 e. The summed E-state index contributed by atoms with van der Waals surface area (Å²) < 4.78 is 15.7. The highest BCUT2D eigenvalue weighted by Crippen LogP contribution is 2.36. The molecule has 0 saturated heterocycles. The highest BCUT2D eigenvalue weighted by molar-refractivity contribution is 5.90. The smallest absolute Gasteiger partial charge is 0.337 e. The first-order valence-electron chi connectivity index (χ1n) is 9.10. The van der Waals surface area contributed by atoms with Crippen molar-refractivity contribution in [1.82, 2.24) is 4.98 Å². The second-order valence-corrected chi connectivity index (χ2v) is 6.70. The van der Waals surface area contributed by atoms with Crippen LogP contribution in [0, 0.1) is 0 Å². The fraction of sp³-hybridized carbons (Fsp3) is 0.273. The molecule has 1 aliphatic heterocycles. The minimum Gasteiger partial charge on any atom is -0.493 e. The molecule has 144 valence electrons. The summed E-state index contributed by atoms with van der Waals surface area (Å²) in [5, 5.41) is 1.10. The van der Waals surface area contributed by atoms with Crippen molar-refractivity contribution in [1.29, 1.82) is 0 Å². The van der Waals surface area contributed by atoms with Crippen molar-refractivity contribution in [3.8, 4) is 11.5 Å². The molecule has 0 unspecified atom stereocenters. The molecule has 2 heterocycles. The van der Waals surface area contributed by atoms with E-state index in [9.17, 15) is 4.79 Å². The molecule has 6 heteroatoms. The van der Waals surface area contributed by atoms with Gasteiger partial charge in [0, 0.05) is 36.4 Å². The van der Waals surface area contributed by atoms with Gasteiger partial charge in [0.1, 0.15) is 0 Å². The maximum Gasteiger partial charge on any atom is 0.337 e. The summed E-state index contributed by atoms with van der Waals surface area (Å²) in [6.07, 6.45) is 2.81. The predicted molar refractivity (Wildman–Crippen MR) is 107 cm³/mol. The van der Waals surface area contributed by atoms with Crippen LogP contribution in [-0.2, 0) is 17.7 Å². The lowest BCUT2D eigenvalue weighted by atomic mass is 9.96. The third kappa shape index (κ3) is 3.11. The summed E-state index contributed by atoms with van der Waals surface area (Å²) in [6.45, 7) is 1.59. The number of carbonyl (C=O) groups is 1. The molecule has 0 aliphatic carbocycles. The molecule has 28 heavy (non-hydrogen) atoms. The van der Waals surface area contributed by atoms with Gasteiger partial charge in [-0.3, -0.25) is 4.98 Å². The van der Waals surface area contributed by atoms with Crippen LogP contribution in [0.15, 0.2) is 42.6 Å². The van der Waals surface area contributed by atoms with Crippen molar-refractivity contribution in [2.75, 3.05) is 32.8 Å². The number of nitrogens with zero attached hydrogens (tertiary/aromatic N) is 2. The Morgan fingerprint density at radius 2 is 1.86 bits per heavy atom. The number of pyridine rings is 1. The molecule has 0 bridgehead atoms. The van der Waals surface area contributed by atoms with Crippen LogP contribution in [0.1, 0.15) is 21.5 Å². The van der Waals surface area contributed by atoms with E-state index in [1.807, 2.05) is 36.5 Å². The minimum atomic E-state index is -0.326. The van der Waals surface area contributed by atoms with E-state index >= 15 is 0 Å². The topological polar surface area (TPSA) is 60.9 Å². The van der Waals surface area contributed by atoms with Crippen molar-refractivity contribution in [2.24, 2.45) is 0 Å². The number of esters is 1. The molecule has 0 N–H and O–H groups in total. The van der Waals surface area contributed by atoms with Crippen molar-refractivity contribution in [3.63, 3.8) is 0 Å². The highest BCUT2D eigenvalue weighted by atomic mass is 16.5. The van der Waals surface area contributed by atoms with Gasteiger partial charge in [0.05, 0.1) is 32.4 Å². The van der Waals surface area contributed by atoms with Crippen molar-refractivity contribution >= 4 is 22.6 Å². The van der Waals surface area contributed by atoms with Crippen molar-refractivity contribution in [2.45, 2.75) is 13.0 Å². The van der Waals surface area contributed by atoms with E-state index in [1.54, 1.807) is 20.3 Å². The monoisotopic (exact) mass is 378 g/mol. The zero-order valence-electron chi connectivity index (χ0n) is 16.2. The zero-order valence-corrected chi connectivity index (χ0v) is 16.2. The predicted octanol–water partition coefficient (Wildman–Crippen LogP) is 3.60. The fourth-order valence-corrected chi connectivity index (χ4v) is 3.75. The molecule has 1 aromatic heterocycles. The van der Waals surface area contributed by atoms with E-state index < -0.39 is 0 Å². The zero-order chi connectivity index (χ0) is 19.7. The number of anilines is 1. The average Bonchev–Trinajstić information content (AvgIpc) is 2.76. The van der Waals surface area contributed by atoms with E-state index in [0.717, 1.165) is 36.1 Å². The molecule has 0 amide bonds. The Morgan fingerprint density at radius 3 is 2.61 bits per heavy atom. The quantitative estimate of drug-likeness (QED) is 0.647. The average molecular weight is 378 g/mol. The molecule has 4 rings (SSSR count). The van der Waals surface area contributed by atoms with Crippen LogP contribution >= 0.6 is 0 Å². The molecule has 1 aliphatic rings. The van der Waals surface area contributed by atoms with Gasteiger partial charge < -0.3 is 19.1 Å². The Balaban J connectivity index is 1.69.